The molecule has 0 atom stereocenters. The second kappa shape index (κ2) is 10.6. The maximum atomic E-state index is 11.7. The van der Waals surface area contributed by atoms with Gasteiger partial charge in [0.05, 0.1) is 26.4 Å². The number of carbonyl (C=O) groups is 3. The van der Waals surface area contributed by atoms with Crippen molar-refractivity contribution in [3.05, 3.63) is 12.2 Å². The van der Waals surface area contributed by atoms with E-state index in [-0.39, 0.29) is 19.2 Å². The molecule has 0 saturated carbocycles. The molecule has 0 aromatic carbocycles. The third-order valence-corrected chi connectivity index (χ3v) is 2.78. The molecular weight excluding hydrogens is 292 g/mol. The number of ether oxygens (including phenoxy) is 3. The van der Waals surface area contributed by atoms with Crippen molar-refractivity contribution in [3.63, 3.8) is 0 Å². The Morgan fingerprint density at radius 2 is 1.77 bits per heavy atom. The molecule has 1 rings (SSSR count). The van der Waals surface area contributed by atoms with E-state index in [1.165, 1.54) is 0 Å². The number of urea groups is 1. The smallest absolute Gasteiger partial charge is 0.331 e. The average molecular weight is 314 g/mol. The van der Waals surface area contributed by atoms with Crippen LogP contribution in [0.5, 0.6) is 0 Å². The lowest BCUT2D eigenvalue weighted by atomic mass is 10.4. The molecule has 0 unspecified atom stereocenters. The monoisotopic (exact) mass is 314 g/mol. The van der Waals surface area contributed by atoms with Crippen LogP contribution in [0.4, 0.5) is 4.79 Å². The molecule has 1 N–H and O–H groups in total. The minimum Gasteiger partial charge on any atom is -0.463 e. The number of carbonyl (C=O) groups excluding carboxylic acids is 3. The summed E-state index contributed by atoms with van der Waals surface area (Å²) < 4.78 is 14.7. The first-order valence-electron chi connectivity index (χ1n) is 7.25. The van der Waals surface area contributed by atoms with Gasteiger partial charge in [0, 0.05) is 31.8 Å². The predicted molar refractivity (Wildman–Crippen MR) is 77.1 cm³/mol. The van der Waals surface area contributed by atoms with Crippen LogP contribution >= 0.6 is 0 Å². The molecule has 1 saturated heterocycles. The van der Waals surface area contributed by atoms with Crippen molar-refractivity contribution in [2.24, 2.45) is 0 Å². The SMILES string of the molecule is CCOC(=O)/C=C/C(=O)OCCCNC(=O)N1CCOCC1. The summed E-state index contributed by atoms with van der Waals surface area (Å²) in [6.45, 7) is 4.77. The van der Waals surface area contributed by atoms with E-state index in [2.05, 4.69) is 10.1 Å². The van der Waals surface area contributed by atoms with Crippen LogP contribution in [0.3, 0.4) is 0 Å². The van der Waals surface area contributed by atoms with Crippen LogP contribution < -0.4 is 5.32 Å². The number of rotatable bonds is 7. The van der Waals surface area contributed by atoms with Crippen molar-refractivity contribution < 1.29 is 28.6 Å². The van der Waals surface area contributed by atoms with Gasteiger partial charge in [0.1, 0.15) is 0 Å². The topological polar surface area (TPSA) is 94.2 Å². The van der Waals surface area contributed by atoms with Gasteiger partial charge < -0.3 is 24.4 Å². The molecule has 0 radical (unpaired) electrons. The highest BCUT2D eigenvalue weighted by atomic mass is 16.5. The van der Waals surface area contributed by atoms with Crippen LogP contribution in [0.1, 0.15) is 13.3 Å². The molecule has 0 bridgehead atoms. The molecule has 2 amide bonds. The third kappa shape index (κ3) is 7.63. The fourth-order valence-electron chi connectivity index (χ4n) is 1.69. The molecule has 0 aliphatic carbocycles. The Morgan fingerprint density at radius 1 is 1.14 bits per heavy atom. The normalized spacial score (nSPS) is 14.7. The Morgan fingerprint density at radius 3 is 2.41 bits per heavy atom. The van der Waals surface area contributed by atoms with E-state index >= 15 is 0 Å². The van der Waals surface area contributed by atoms with Crippen LogP contribution in [0.15, 0.2) is 12.2 Å². The van der Waals surface area contributed by atoms with Gasteiger partial charge in [-0.2, -0.15) is 0 Å². The van der Waals surface area contributed by atoms with E-state index in [0.29, 0.717) is 39.3 Å². The number of esters is 2. The molecule has 0 spiro atoms. The minimum absolute atomic E-state index is 0.142. The molecule has 22 heavy (non-hydrogen) atoms. The summed E-state index contributed by atoms with van der Waals surface area (Å²) in [6.07, 6.45) is 2.53. The highest BCUT2D eigenvalue weighted by Crippen LogP contribution is 1.97. The van der Waals surface area contributed by atoms with Gasteiger partial charge in [-0.3, -0.25) is 0 Å². The maximum Gasteiger partial charge on any atom is 0.331 e. The van der Waals surface area contributed by atoms with Gasteiger partial charge in [-0.15, -0.1) is 0 Å². The molecule has 8 nitrogen and oxygen atoms in total. The van der Waals surface area contributed by atoms with Crippen LogP contribution in [0.25, 0.3) is 0 Å². The summed E-state index contributed by atoms with van der Waals surface area (Å²) in [7, 11) is 0. The van der Waals surface area contributed by atoms with Crippen LogP contribution in [0.2, 0.25) is 0 Å². The van der Waals surface area contributed by atoms with Crippen molar-refractivity contribution in [1.82, 2.24) is 10.2 Å². The lowest BCUT2D eigenvalue weighted by molar-refractivity contribution is -0.140. The van der Waals surface area contributed by atoms with Crippen molar-refractivity contribution in [2.45, 2.75) is 13.3 Å². The number of hydrogen-bond donors (Lipinski definition) is 1. The van der Waals surface area contributed by atoms with E-state index in [4.69, 9.17) is 9.47 Å². The standard InChI is InChI=1S/C14H22N2O6/c1-2-21-12(17)4-5-13(18)22-9-3-6-15-14(19)16-7-10-20-11-8-16/h4-5H,2-3,6-11H2,1H3,(H,15,19)/b5-4+. The Bertz CT molecular complexity index is 404. The van der Waals surface area contributed by atoms with Gasteiger partial charge in [-0.25, -0.2) is 14.4 Å². The van der Waals surface area contributed by atoms with Crippen LogP contribution in [-0.4, -0.2) is 68.9 Å². The lowest BCUT2D eigenvalue weighted by Gasteiger charge is -2.26. The number of morpholine rings is 1. The first-order chi connectivity index (χ1) is 10.6. The first kappa shape index (κ1) is 18.0. The molecule has 1 heterocycles. The maximum absolute atomic E-state index is 11.7. The van der Waals surface area contributed by atoms with Gasteiger partial charge in [0.25, 0.3) is 0 Å². The van der Waals surface area contributed by atoms with E-state index in [9.17, 15) is 14.4 Å². The fourth-order valence-corrected chi connectivity index (χ4v) is 1.69. The molecular formula is C14H22N2O6. The lowest BCUT2D eigenvalue weighted by Crippen LogP contribution is -2.46. The van der Waals surface area contributed by atoms with Gasteiger partial charge in [-0.1, -0.05) is 0 Å². The zero-order valence-electron chi connectivity index (χ0n) is 12.7. The largest absolute Gasteiger partial charge is 0.463 e. The summed E-state index contributed by atoms with van der Waals surface area (Å²) in [4.78, 5) is 35.6. The second-order valence-electron chi connectivity index (χ2n) is 4.44. The summed E-state index contributed by atoms with van der Waals surface area (Å²) in [5.41, 5.74) is 0. The van der Waals surface area contributed by atoms with E-state index in [1.807, 2.05) is 0 Å². The van der Waals surface area contributed by atoms with E-state index in [0.717, 1.165) is 12.2 Å². The Labute approximate surface area is 129 Å². The molecule has 0 aromatic rings. The fraction of sp³-hybridized carbons (Fsp3) is 0.643. The number of nitrogens with zero attached hydrogens (tertiary/aromatic N) is 1. The number of nitrogens with one attached hydrogen (secondary N) is 1. The van der Waals surface area contributed by atoms with Crippen molar-refractivity contribution in [1.29, 1.82) is 0 Å². The Balaban J connectivity index is 2.05. The molecule has 8 heteroatoms. The van der Waals surface area contributed by atoms with Crippen molar-refractivity contribution >= 4 is 18.0 Å². The number of hydrogen-bond acceptors (Lipinski definition) is 6. The highest BCUT2D eigenvalue weighted by molar-refractivity contribution is 5.91. The zero-order chi connectivity index (χ0) is 16.2. The molecule has 1 aliphatic heterocycles. The molecule has 0 aromatic heterocycles. The average Bonchev–Trinajstić information content (AvgIpc) is 2.53. The first-order valence-corrected chi connectivity index (χ1v) is 7.25. The third-order valence-electron chi connectivity index (χ3n) is 2.78. The predicted octanol–water partition coefficient (Wildman–Crippen LogP) is 0.0808. The minimum atomic E-state index is -0.618. The Kier molecular flexibility index (Phi) is 8.66. The zero-order valence-corrected chi connectivity index (χ0v) is 12.7. The van der Waals surface area contributed by atoms with Gasteiger partial charge in [-0.05, 0) is 13.3 Å². The summed E-state index contributed by atoms with van der Waals surface area (Å²) in [5, 5.41) is 2.74. The Hall–Kier alpha value is -2.09. The van der Waals surface area contributed by atoms with Crippen molar-refractivity contribution in [3.8, 4) is 0 Å². The summed E-state index contributed by atoms with van der Waals surface area (Å²) >= 11 is 0. The number of amides is 2. The molecule has 1 fully saturated rings. The van der Waals surface area contributed by atoms with Crippen molar-refractivity contribution in [2.75, 3.05) is 46.1 Å². The van der Waals surface area contributed by atoms with E-state index in [1.54, 1.807) is 11.8 Å². The van der Waals surface area contributed by atoms with Gasteiger partial charge in [0.15, 0.2) is 0 Å². The van der Waals surface area contributed by atoms with Gasteiger partial charge in [0.2, 0.25) is 0 Å². The van der Waals surface area contributed by atoms with Crippen LogP contribution in [0, 0.1) is 0 Å². The summed E-state index contributed by atoms with van der Waals surface area (Å²) in [5.74, 6) is -1.20. The highest BCUT2D eigenvalue weighted by Gasteiger charge is 2.15. The second-order valence-corrected chi connectivity index (χ2v) is 4.44. The summed E-state index contributed by atoms with van der Waals surface area (Å²) in [6, 6.07) is -0.142. The quantitative estimate of drug-likeness (QED) is 0.406. The molecule has 1 aliphatic rings. The molecule has 124 valence electrons. The van der Waals surface area contributed by atoms with Crippen LogP contribution in [-0.2, 0) is 23.8 Å². The van der Waals surface area contributed by atoms with E-state index < -0.39 is 11.9 Å². The van der Waals surface area contributed by atoms with Gasteiger partial charge >= 0.3 is 18.0 Å².